The standard InChI is InChI=1S/C13H26N2O3/c1-12(2,3)18-11(16)15-8-6-5-7-10(15)13(4,17)9-14/h10,17H,5-9,14H2,1-4H3/t10-,13-/m1/s1. The summed E-state index contributed by atoms with van der Waals surface area (Å²) in [6.07, 6.45) is 2.35. The maximum Gasteiger partial charge on any atom is 0.410 e. The van der Waals surface area contributed by atoms with Crippen LogP contribution in [0.1, 0.15) is 47.0 Å². The van der Waals surface area contributed by atoms with E-state index in [1.165, 1.54) is 0 Å². The van der Waals surface area contributed by atoms with E-state index in [2.05, 4.69) is 0 Å². The molecule has 0 aliphatic carbocycles. The van der Waals surface area contributed by atoms with Gasteiger partial charge < -0.3 is 20.5 Å². The first-order valence-electron chi connectivity index (χ1n) is 6.59. The van der Waals surface area contributed by atoms with Gasteiger partial charge in [-0.1, -0.05) is 0 Å². The number of nitrogens with zero attached hydrogens (tertiary/aromatic N) is 1. The second-order valence-corrected chi connectivity index (χ2v) is 6.25. The lowest BCUT2D eigenvalue weighted by Crippen LogP contribution is -2.59. The van der Waals surface area contributed by atoms with Crippen LogP contribution >= 0.6 is 0 Å². The Hall–Kier alpha value is -0.810. The lowest BCUT2D eigenvalue weighted by Gasteiger charge is -2.43. The monoisotopic (exact) mass is 258 g/mol. The van der Waals surface area contributed by atoms with E-state index in [-0.39, 0.29) is 18.7 Å². The average molecular weight is 258 g/mol. The summed E-state index contributed by atoms with van der Waals surface area (Å²) in [5, 5.41) is 10.3. The van der Waals surface area contributed by atoms with Crippen molar-refractivity contribution in [3.63, 3.8) is 0 Å². The Morgan fingerprint density at radius 3 is 2.50 bits per heavy atom. The number of carbonyl (C=O) groups excluding carboxylic acids is 1. The zero-order valence-electron chi connectivity index (χ0n) is 11.9. The molecule has 0 spiro atoms. The number of ether oxygens (including phenoxy) is 1. The Morgan fingerprint density at radius 2 is 2.00 bits per heavy atom. The minimum atomic E-state index is -1.06. The molecule has 2 atom stereocenters. The highest BCUT2D eigenvalue weighted by Crippen LogP contribution is 2.27. The van der Waals surface area contributed by atoms with Gasteiger partial charge in [0.05, 0.1) is 11.6 Å². The molecule has 0 saturated carbocycles. The lowest BCUT2D eigenvalue weighted by atomic mass is 9.88. The third-order valence-corrected chi connectivity index (χ3v) is 3.26. The molecule has 0 bridgehead atoms. The maximum atomic E-state index is 12.1. The van der Waals surface area contributed by atoms with Gasteiger partial charge in [0, 0.05) is 13.1 Å². The molecule has 0 aromatic carbocycles. The molecule has 106 valence electrons. The summed E-state index contributed by atoms with van der Waals surface area (Å²) in [4.78, 5) is 13.8. The summed E-state index contributed by atoms with van der Waals surface area (Å²) in [6, 6.07) is -0.258. The minimum absolute atomic E-state index is 0.136. The fourth-order valence-corrected chi connectivity index (χ4v) is 2.25. The highest BCUT2D eigenvalue weighted by atomic mass is 16.6. The minimum Gasteiger partial charge on any atom is -0.444 e. The quantitative estimate of drug-likeness (QED) is 0.786. The fourth-order valence-electron chi connectivity index (χ4n) is 2.25. The Morgan fingerprint density at radius 1 is 1.39 bits per heavy atom. The fraction of sp³-hybridized carbons (Fsp3) is 0.923. The summed E-state index contributed by atoms with van der Waals surface area (Å²) in [5.74, 6) is 0. The summed E-state index contributed by atoms with van der Waals surface area (Å²) in [5.41, 5.74) is 4.02. The molecule has 0 radical (unpaired) electrons. The van der Waals surface area contributed by atoms with E-state index in [9.17, 15) is 9.90 Å². The van der Waals surface area contributed by atoms with E-state index in [4.69, 9.17) is 10.5 Å². The summed E-state index contributed by atoms with van der Waals surface area (Å²) in [6.45, 7) is 7.95. The topological polar surface area (TPSA) is 75.8 Å². The van der Waals surface area contributed by atoms with Crippen LogP contribution in [0, 0.1) is 0 Å². The van der Waals surface area contributed by atoms with Crippen molar-refractivity contribution < 1.29 is 14.6 Å². The molecule has 5 nitrogen and oxygen atoms in total. The van der Waals surface area contributed by atoms with Gasteiger partial charge in [-0.3, -0.25) is 0 Å². The van der Waals surface area contributed by atoms with Gasteiger partial charge in [-0.2, -0.15) is 0 Å². The van der Waals surface area contributed by atoms with Crippen LogP contribution in [-0.2, 0) is 4.74 Å². The zero-order valence-corrected chi connectivity index (χ0v) is 11.9. The molecule has 0 unspecified atom stereocenters. The van der Waals surface area contributed by atoms with Crippen molar-refractivity contribution in [2.45, 2.75) is 64.2 Å². The van der Waals surface area contributed by atoms with Crippen LogP contribution < -0.4 is 5.73 Å². The number of nitrogens with two attached hydrogens (primary N) is 1. The van der Waals surface area contributed by atoms with Crippen LogP contribution in [-0.4, -0.2) is 46.4 Å². The summed E-state index contributed by atoms with van der Waals surface area (Å²) >= 11 is 0. The van der Waals surface area contributed by atoms with Gasteiger partial charge >= 0.3 is 6.09 Å². The molecule has 1 amide bonds. The lowest BCUT2D eigenvalue weighted by molar-refractivity contribution is -0.0540. The normalized spacial score (nSPS) is 24.6. The molecule has 0 aromatic rings. The predicted molar refractivity (Wildman–Crippen MR) is 70.3 cm³/mol. The smallest absolute Gasteiger partial charge is 0.410 e. The van der Waals surface area contributed by atoms with Crippen molar-refractivity contribution in [3.8, 4) is 0 Å². The maximum absolute atomic E-state index is 12.1. The van der Waals surface area contributed by atoms with Crippen molar-refractivity contribution >= 4 is 6.09 Å². The molecule has 1 aliphatic heterocycles. The predicted octanol–water partition coefficient (Wildman–Crippen LogP) is 1.49. The van der Waals surface area contributed by atoms with Gasteiger partial charge in [0.15, 0.2) is 0 Å². The summed E-state index contributed by atoms with van der Waals surface area (Å²) < 4.78 is 5.38. The molecule has 1 fully saturated rings. The first kappa shape index (κ1) is 15.2. The van der Waals surface area contributed by atoms with E-state index >= 15 is 0 Å². The molecule has 3 N–H and O–H groups in total. The van der Waals surface area contributed by atoms with E-state index in [0.717, 1.165) is 19.3 Å². The van der Waals surface area contributed by atoms with E-state index in [1.807, 2.05) is 20.8 Å². The molecule has 1 rings (SSSR count). The van der Waals surface area contributed by atoms with Crippen LogP contribution in [0.2, 0.25) is 0 Å². The Bertz CT molecular complexity index is 297. The number of amides is 1. The number of piperidine rings is 1. The third kappa shape index (κ3) is 3.85. The van der Waals surface area contributed by atoms with Gasteiger partial charge in [-0.05, 0) is 47.0 Å². The van der Waals surface area contributed by atoms with Gasteiger partial charge in [0.25, 0.3) is 0 Å². The van der Waals surface area contributed by atoms with Gasteiger partial charge in [-0.25, -0.2) is 4.79 Å². The number of rotatable bonds is 2. The number of hydrogen-bond donors (Lipinski definition) is 2. The van der Waals surface area contributed by atoms with Crippen LogP contribution in [0.4, 0.5) is 4.79 Å². The Kier molecular flexibility index (Phi) is 4.61. The molecule has 5 heteroatoms. The van der Waals surface area contributed by atoms with Crippen LogP contribution in [0.25, 0.3) is 0 Å². The molecule has 18 heavy (non-hydrogen) atoms. The molecular weight excluding hydrogens is 232 g/mol. The number of carbonyl (C=O) groups is 1. The first-order chi connectivity index (χ1) is 8.17. The van der Waals surface area contributed by atoms with Gasteiger partial charge in [0.2, 0.25) is 0 Å². The van der Waals surface area contributed by atoms with Crippen molar-refractivity contribution in [1.82, 2.24) is 4.90 Å². The van der Waals surface area contributed by atoms with Crippen molar-refractivity contribution in [3.05, 3.63) is 0 Å². The third-order valence-electron chi connectivity index (χ3n) is 3.26. The first-order valence-corrected chi connectivity index (χ1v) is 6.59. The molecule has 1 saturated heterocycles. The average Bonchev–Trinajstić information content (AvgIpc) is 2.27. The van der Waals surface area contributed by atoms with Gasteiger partial charge in [-0.15, -0.1) is 0 Å². The molecule has 1 heterocycles. The van der Waals surface area contributed by atoms with Crippen molar-refractivity contribution in [2.75, 3.05) is 13.1 Å². The van der Waals surface area contributed by atoms with Gasteiger partial charge in [0.1, 0.15) is 5.60 Å². The number of likely N-dealkylation sites (tertiary alicyclic amines) is 1. The second kappa shape index (κ2) is 5.45. The Balaban J connectivity index is 2.80. The van der Waals surface area contributed by atoms with E-state index < -0.39 is 11.2 Å². The number of hydrogen-bond acceptors (Lipinski definition) is 4. The molecular formula is C13H26N2O3. The van der Waals surface area contributed by atoms with Crippen molar-refractivity contribution in [1.29, 1.82) is 0 Å². The SMILES string of the molecule is CC(C)(C)OC(=O)N1CCCC[C@@H]1[C@](C)(O)CN. The van der Waals surface area contributed by atoms with Crippen LogP contribution in [0.5, 0.6) is 0 Å². The number of aliphatic hydroxyl groups is 1. The largest absolute Gasteiger partial charge is 0.444 e. The Labute approximate surface area is 109 Å². The molecule has 1 aliphatic rings. The molecule has 0 aromatic heterocycles. The van der Waals surface area contributed by atoms with E-state index in [0.29, 0.717) is 6.54 Å². The van der Waals surface area contributed by atoms with Crippen LogP contribution in [0.3, 0.4) is 0 Å². The second-order valence-electron chi connectivity index (χ2n) is 6.25. The highest BCUT2D eigenvalue weighted by molar-refractivity contribution is 5.69. The highest BCUT2D eigenvalue weighted by Gasteiger charge is 2.40. The van der Waals surface area contributed by atoms with Crippen molar-refractivity contribution in [2.24, 2.45) is 5.73 Å². The van der Waals surface area contributed by atoms with E-state index in [1.54, 1.807) is 11.8 Å². The zero-order chi connectivity index (χ0) is 14.0. The summed E-state index contributed by atoms with van der Waals surface area (Å²) in [7, 11) is 0. The van der Waals surface area contributed by atoms with Crippen LogP contribution in [0.15, 0.2) is 0 Å².